The van der Waals surface area contributed by atoms with E-state index < -0.39 is 0 Å². The average Bonchev–Trinajstić information content (AvgIpc) is 2.37. The minimum Gasteiger partial charge on any atom is -0.298 e. The molecule has 0 aliphatic carbocycles. The molecule has 0 spiro atoms. The summed E-state index contributed by atoms with van der Waals surface area (Å²) in [4.78, 5) is 23.9. The van der Waals surface area contributed by atoms with Gasteiger partial charge < -0.3 is 0 Å². The molecule has 1 atom stereocenters. The lowest BCUT2D eigenvalue weighted by atomic mass is 9.98. The Balaban J connectivity index is 2.66. The van der Waals surface area contributed by atoms with Crippen LogP contribution in [-0.4, -0.2) is 22.1 Å². The standard InChI is InChI=1S/C17H24O2S/c1-11(2)17(19)15-8-6-14(7-9-15)10-16(18)13(5)20-12(3)4/h6-9,11-13H,10H2,1-5H3. The van der Waals surface area contributed by atoms with Crippen LogP contribution < -0.4 is 0 Å². The van der Waals surface area contributed by atoms with Gasteiger partial charge in [0.1, 0.15) is 5.78 Å². The lowest BCUT2D eigenvalue weighted by molar-refractivity contribution is -0.117. The van der Waals surface area contributed by atoms with Crippen LogP contribution in [0.2, 0.25) is 0 Å². The molecule has 20 heavy (non-hydrogen) atoms. The van der Waals surface area contributed by atoms with E-state index in [4.69, 9.17) is 0 Å². The molecule has 0 N–H and O–H groups in total. The summed E-state index contributed by atoms with van der Waals surface area (Å²) < 4.78 is 0. The van der Waals surface area contributed by atoms with Crippen LogP contribution in [0.4, 0.5) is 0 Å². The maximum absolute atomic E-state index is 12.1. The molecule has 0 amide bonds. The molecule has 1 rings (SSSR count). The van der Waals surface area contributed by atoms with Gasteiger partial charge in [-0.25, -0.2) is 0 Å². The van der Waals surface area contributed by atoms with Crippen molar-refractivity contribution in [2.75, 3.05) is 0 Å². The van der Waals surface area contributed by atoms with Gasteiger partial charge in [-0.15, -0.1) is 11.8 Å². The molecule has 3 heteroatoms. The third kappa shape index (κ3) is 5.12. The SMILES string of the molecule is CC(C)SC(C)C(=O)Cc1ccc(C(=O)C(C)C)cc1. The highest BCUT2D eigenvalue weighted by molar-refractivity contribution is 8.01. The number of carbonyl (C=O) groups excluding carboxylic acids is 2. The summed E-state index contributed by atoms with van der Waals surface area (Å²) in [5.41, 5.74) is 1.70. The van der Waals surface area contributed by atoms with Crippen molar-refractivity contribution in [1.82, 2.24) is 0 Å². The molecule has 0 saturated carbocycles. The van der Waals surface area contributed by atoms with Crippen molar-refractivity contribution in [3.8, 4) is 0 Å². The second-order valence-electron chi connectivity index (χ2n) is 5.69. The second kappa shape index (κ2) is 7.63. The topological polar surface area (TPSA) is 34.1 Å². The Hall–Kier alpha value is -1.09. The third-order valence-electron chi connectivity index (χ3n) is 3.07. The summed E-state index contributed by atoms with van der Waals surface area (Å²) in [5.74, 6) is 0.392. The molecular formula is C17H24O2S. The van der Waals surface area contributed by atoms with Crippen LogP contribution >= 0.6 is 11.8 Å². The van der Waals surface area contributed by atoms with Crippen molar-refractivity contribution < 1.29 is 9.59 Å². The van der Waals surface area contributed by atoms with Crippen LogP contribution in [0.15, 0.2) is 24.3 Å². The van der Waals surface area contributed by atoms with E-state index in [1.807, 2.05) is 45.0 Å². The minimum absolute atomic E-state index is 0.00458. The van der Waals surface area contributed by atoms with E-state index in [-0.39, 0.29) is 22.7 Å². The molecule has 0 saturated heterocycles. The van der Waals surface area contributed by atoms with Gasteiger partial charge in [0.15, 0.2) is 5.78 Å². The van der Waals surface area contributed by atoms with E-state index in [0.717, 1.165) is 11.1 Å². The number of thioether (sulfide) groups is 1. The van der Waals surface area contributed by atoms with Crippen molar-refractivity contribution >= 4 is 23.3 Å². The molecule has 110 valence electrons. The number of ketones is 2. The predicted molar refractivity (Wildman–Crippen MR) is 86.5 cm³/mol. The van der Waals surface area contributed by atoms with E-state index in [0.29, 0.717) is 11.7 Å². The highest BCUT2D eigenvalue weighted by Gasteiger charge is 2.16. The molecular weight excluding hydrogens is 268 g/mol. The molecule has 0 aromatic heterocycles. The first-order valence-corrected chi connectivity index (χ1v) is 8.07. The van der Waals surface area contributed by atoms with Gasteiger partial charge >= 0.3 is 0 Å². The highest BCUT2D eigenvalue weighted by atomic mass is 32.2. The number of Topliss-reactive ketones (excluding diaryl/α,β-unsaturated/α-hetero) is 2. The molecule has 1 aromatic rings. The van der Waals surface area contributed by atoms with Crippen LogP contribution in [0.1, 0.15) is 50.5 Å². The van der Waals surface area contributed by atoms with Gasteiger partial charge in [0, 0.05) is 17.9 Å². The molecule has 0 fully saturated rings. The van der Waals surface area contributed by atoms with Gasteiger partial charge in [-0.1, -0.05) is 52.0 Å². The largest absolute Gasteiger partial charge is 0.298 e. The van der Waals surface area contributed by atoms with Crippen molar-refractivity contribution in [3.05, 3.63) is 35.4 Å². The van der Waals surface area contributed by atoms with Crippen LogP contribution in [0.3, 0.4) is 0 Å². The number of hydrogen-bond donors (Lipinski definition) is 0. The molecule has 0 aliphatic heterocycles. The summed E-state index contributed by atoms with van der Waals surface area (Å²) in [6.07, 6.45) is 0.442. The van der Waals surface area contributed by atoms with E-state index >= 15 is 0 Å². The van der Waals surface area contributed by atoms with Crippen LogP contribution in [-0.2, 0) is 11.2 Å². The molecule has 0 heterocycles. The third-order valence-corrected chi connectivity index (χ3v) is 4.29. The Morgan fingerprint density at radius 2 is 1.55 bits per heavy atom. The molecule has 1 aromatic carbocycles. The predicted octanol–water partition coefficient (Wildman–Crippen LogP) is 4.17. The number of rotatable bonds is 7. The maximum atomic E-state index is 12.1. The van der Waals surface area contributed by atoms with Crippen molar-refractivity contribution in [1.29, 1.82) is 0 Å². The van der Waals surface area contributed by atoms with Crippen LogP contribution in [0.5, 0.6) is 0 Å². The zero-order valence-corrected chi connectivity index (χ0v) is 13.8. The molecule has 0 radical (unpaired) electrons. The molecule has 2 nitrogen and oxygen atoms in total. The minimum atomic E-state index is 0.00458. The first kappa shape index (κ1) is 17.0. The van der Waals surface area contributed by atoms with E-state index in [9.17, 15) is 9.59 Å². The van der Waals surface area contributed by atoms with Gasteiger partial charge in [0.25, 0.3) is 0 Å². The molecule has 0 aliphatic rings. The average molecular weight is 292 g/mol. The lowest BCUT2D eigenvalue weighted by Crippen LogP contribution is -2.18. The van der Waals surface area contributed by atoms with Crippen LogP contribution in [0, 0.1) is 5.92 Å². The fourth-order valence-corrected chi connectivity index (χ4v) is 3.00. The van der Waals surface area contributed by atoms with Crippen LogP contribution in [0.25, 0.3) is 0 Å². The highest BCUT2D eigenvalue weighted by Crippen LogP contribution is 2.19. The van der Waals surface area contributed by atoms with Gasteiger partial charge in [0.05, 0.1) is 5.25 Å². The zero-order valence-electron chi connectivity index (χ0n) is 13.0. The summed E-state index contributed by atoms with van der Waals surface area (Å²) in [5, 5.41) is 0.479. The van der Waals surface area contributed by atoms with E-state index in [2.05, 4.69) is 13.8 Å². The summed E-state index contributed by atoms with van der Waals surface area (Å²) >= 11 is 1.69. The first-order chi connectivity index (χ1) is 9.31. The monoisotopic (exact) mass is 292 g/mol. The smallest absolute Gasteiger partial charge is 0.165 e. The van der Waals surface area contributed by atoms with Gasteiger partial charge in [-0.3, -0.25) is 9.59 Å². The fraction of sp³-hybridized carbons (Fsp3) is 0.529. The Kier molecular flexibility index (Phi) is 6.47. The first-order valence-electron chi connectivity index (χ1n) is 7.12. The van der Waals surface area contributed by atoms with E-state index in [1.54, 1.807) is 11.8 Å². The molecule has 1 unspecified atom stereocenters. The van der Waals surface area contributed by atoms with Crippen molar-refractivity contribution in [2.24, 2.45) is 5.92 Å². The summed E-state index contributed by atoms with van der Waals surface area (Å²) in [6, 6.07) is 7.43. The fourth-order valence-electron chi connectivity index (χ4n) is 1.95. The van der Waals surface area contributed by atoms with Crippen molar-refractivity contribution in [3.63, 3.8) is 0 Å². The zero-order chi connectivity index (χ0) is 15.3. The van der Waals surface area contributed by atoms with Crippen molar-refractivity contribution in [2.45, 2.75) is 51.5 Å². The number of benzene rings is 1. The number of hydrogen-bond acceptors (Lipinski definition) is 3. The summed E-state index contributed by atoms with van der Waals surface area (Å²) in [6.45, 7) is 9.94. The Labute approximate surface area is 126 Å². The van der Waals surface area contributed by atoms with E-state index in [1.165, 1.54) is 0 Å². The normalized spacial score (nSPS) is 12.8. The maximum Gasteiger partial charge on any atom is 0.165 e. The van der Waals surface area contributed by atoms with Gasteiger partial charge in [-0.2, -0.15) is 0 Å². The second-order valence-corrected chi connectivity index (χ2v) is 7.61. The Bertz CT molecular complexity index is 460. The lowest BCUT2D eigenvalue weighted by Gasteiger charge is -2.13. The quantitative estimate of drug-likeness (QED) is 0.707. The summed E-state index contributed by atoms with van der Waals surface area (Å²) in [7, 11) is 0. The molecule has 0 bridgehead atoms. The Morgan fingerprint density at radius 1 is 1.00 bits per heavy atom. The van der Waals surface area contributed by atoms with Gasteiger partial charge in [0.2, 0.25) is 0 Å². The van der Waals surface area contributed by atoms with Gasteiger partial charge in [-0.05, 0) is 17.7 Å². The Morgan fingerprint density at radius 3 is 2.00 bits per heavy atom. The number of carbonyl (C=O) groups is 2.